The summed E-state index contributed by atoms with van der Waals surface area (Å²) in [5.74, 6) is -3.02. The van der Waals surface area contributed by atoms with Gasteiger partial charge in [-0.05, 0) is 0 Å². The summed E-state index contributed by atoms with van der Waals surface area (Å²) in [7, 11) is -9.60. The molecule has 0 bridgehead atoms. The van der Waals surface area contributed by atoms with E-state index < -0.39 is 60.7 Å². The van der Waals surface area contributed by atoms with Crippen LogP contribution in [-0.4, -0.2) is 84.2 Å². The highest BCUT2D eigenvalue weighted by Gasteiger charge is 2.39. The molecule has 0 aliphatic carbocycles. The first-order valence-electron chi connectivity index (χ1n) is 8.56. The van der Waals surface area contributed by atoms with E-state index in [-0.39, 0.29) is 12.2 Å². The number of nitrogens with zero attached hydrogens (tertiary/aromatic N) is 4. The molecule has 0 saturated carbocycles. The number of rotatable bonds is 9. The molecule has 0 amide bonds. The molecule has 0 radical (unpaired) electrons. The van der Waals surface area contributed by atoms with Crippen molar-refractivity contribution >= 4 is 40.8 Å². The molecule has 0 aromatic carbocycles. The van der Waals surface area contributed by atoms with Gasteiger partial charge in [-0.1, -0.05) is 0 Å². The highest BCUT2D eigenvalue weighted by molar-refractivity contribution is 7.85. The Kier molecular flexibility index (Phi) is 6.59. The molecule has 1 fully saturated rings. The predicted octanol–water partition coefficient (Wildman–Crippen LogP) is -1.90. The van der Waals surface area contributed by atoms with Crippen LogP contribution in [-0.2, 0) is 28.7 Å². The molecule has 7 N–H and O–H groups in total. The Labute approximate surface area is 174 Å². The molecule has 1 unspecified atom stereocenters. The number of nitrogen functional groups attached to an aromatic ring is 1. The second-order valence-electron chi connectivity index (χ2n) is 6.60. The average Bonchev–Trinajstić information content (AvgIpc) is 3.22. The van der Waals surface area contributed by atoms with Gasteiger partial charge in [0.25, 0.3) is 10.1 Å². The van der Waals surface area contributed by atoms with Crippen molar-refractivity contribution in [2.45, 2.75) is 30.9 Å². The molecule has 3 rings (SSSR count). The van der Waals surface area contributed by atoms with Crippen molar-refractivity contribution < 1.29 is 46.7 Å². The molecule has 1 aliphatic heterocycles. The maximum atomic E-state index is 12.1. The third-order valence-electron chi connectivity index (χ3n) is 4.31. The van der Waals surface area contributed by atoms with Crippen LogP contribution >= 0.6 is 7.75 Å². The number of fused-ring (bicyclic) bond motifs is 1. The van der Waals surface area contributed by atoms with Crippen molar-refractivity contribution in [2.24, 2.45) is 0 Å². The Morgan fingerprint density at radius 2 is 2.16 bits per heavy atom. The standard InChI is InChI=1S/C13H19N6O10PS/c14-11-10-12(16-4-15-11)19(5-17-10)9-1-7(20)8(29-9)2-28-30(23,24)18-6(13(21)22)3-31(25,26)27/h4-9,20H,1-3H2,(H,21,22)(H2,14,15,16)(H2,18,23,24)(H,25,26,27)/t6-,7+,8-,9-/m1/s1. The van der Waals surface area contributed by atoms with Crippen LogP contribution in [0.2, 0.25) is 0 Å². The number of nitrogens with one attached hydrogen (secondary N) is 1. The Balaban J connectivity index is 1.64. The second kappa shape index (κ2) is 8.71. The molecule has 2 aromatic heterocycles. The SMILES string of the molecule is Nc1ncnc2c1ncn2[C@H]1C[C@H](O)[C@@H](COP(=O)(O)N[C@H](CS(=O)(=O)O)C(=O)O)O1. The molecule has 1 aliphatic rings. The molecular weight excluding hydrogens is 463 g/mol. The number of hydrogen-bond acceptors (Lipinski definition) is 11. The predicted molar refractivity (Wildman–Crippen MR) is 101 cm³/mol. The average molecular weight is 482 g/mol. The second-order valence-corrected chi connectivity index (χ2v) is 9.65. The third kappa shape index (κ3) is 5.72. The van der Waals surface area contributed by atoms with E-state index in [1.165, 1.54) is 17.2 Å². The van der Waals surface area contributed by atoms with Crippen molar-refractivity contribution in [1.82, 2.24) is 24.6 Å². The van der Waals surface area contributed by atoms with Gasteiger partial charge in [0, 0.05) is 6.42 Å². The van der Waals surface area contributed by atoms with Gasteiger partial charge in [-0.25, -0.2) is 24.6 Å². The first kappa shape index (κ1) is 23.4. The lowest BCUT2D eigenvalue weighted by molar-refractivity contribution is -0.138. The molecule has 31 heavy (non-hydrogen) atoms. The maximum Gasteiger partial charge on any atom is 0.403 e. The fraction of sp³-hybridized carbons (Fsp3) is 0.538. The van der Waals surface area contributed by atoms with Gasteiger partial charge >= 0.3 is 13.7 Å². The quantitative estimate of drug-likeness (QED) is 0.169. The number of aromatic nitrogens is 4. The number of ether oxygens (including phenoxy) is 1. The first-order valence-corrected chi connectivity index (χ1v) is 11.7. The number of nitrogens with two attached hydrogens (primary N) is 1. The van der Waals surface area contributed by atoms with Crippen molar-refractivity contribution in [3.8, 4) is 0 Å². The Morgan fingerprint density at radius 3 is 2.81 bits per heavy atom. The zero-order valence-electron chi connectivity index (χ0n) is 15.5. The van der Waals surface area contributed by atoms with E-state index in [4.69, 9.17) is 24.7 Å². The summed E-state index contributed by atoms with van der Waals surface area (Å²) in [6.45, 7) is -0.638. The number of imidazole rings is 1. The number of anilines is 1. The fourth-order valence-electron chi connectivity index (χ4n) is 2.90. The molecule has 5 atom stereocenters. The molecule has 1 saturated heterocycles. The lowest BCUT2D eigenvalue weighted by Gasteiger charge is -2.21. The van der Waals surface area contributed by atoms with Gasteiger partial charge in [0.15, 0.2) is 11.5 Å². The minimum absolute atomic E-state index is 0.0487. The minimum atomic E-state index is -4.85. The molecule has 3 heterocycles. The first-order chi connectivity index (χ1) is 14.4. The van der Waals surface area contributed by atoms with E-state index in [1.807, 2.05) is 0 Å². The molecule has 16 nitrogen and oxygen atoms in total. The van der Waals surface area contributed by atoms with Gasteiger partial charge in [0.2, 0.25) is 0 Å². The maximum absolute atomic E-state index is 12.1. The van der Waals surface area contributed by atoms with E-state index in [2.05, 4.69) is 15.0 Å². The van der Waals surface area contributed by atoms with Gasteiger partial charge in [-0.3, -0.25) is 18.4 Å². The summed E-state index contributed by atoms with van der Waals surface area (Å²) in [6.07, 6.45) is -0.334. The Morgan fingerprint density at radius 1 is 1.45 bits per heavy atom. The van der Waals surface area contributed by atoms with Crippen LogP contribution in [0.5, 0.6) is 0 Å². The van der Waals surface area contributed by atoms with Crippen molar-refractivity contribution in [3.63, 3.8) is 0 Å². The highest BCUT2D eigenvalue weighted by atomic mass is 32.2. The zero-order chi connectivity index (χ0) is 23.0. The van der Waals surface area contributed by atoms with Gasteiger partial charge in [-0.2, -0.15) is 8.42 Å². The normalized spacial score (nSPS) is 24.8. The van der Waals surface area contributed by atoms with Gasteiger partial charge in [0.1, 0.15) is 36.0 Å². The smallest absolute Gasteiger partial charge is 0.403 e. The van der Waals surface area contributed by atoms with Crippen molar-refractivity contribution in [1.29, 1.82) is 0 Å². The van der Waals surface area contributed by atoms with E-state index in [0.717, 1.165) is 0 Å². The van der Waals surface area contributed by atoms with Crippen LogP contribution in [0.15, 0.2) is 12.7 Å². The molecule has 18 heteroatoms. The van der Waals surface area contributed by atoms with Crippen molar-refractivity contribution in [3.05, 3.63) is 12.7 Å². The van der Waals surface area contributed by atoms with Gasteiger partial charge in [-0.15, -0.1) is 0 Å². The van der Waals surface area contributed by atoms with E-state index in [1.54, 1.807) is 5.09 Å². The van der Waals surface area contributed by atoms with Gasteiger partial charge in [0.05, 0.1) is 19.0 Å². The minimum Gasteiger partial charge on any atom is -0.480 e. The van der Waals surface area contributed by atoms with Crippen LogP contribution in [0, 0.1) is 0 Å². The molecular formula is C13H19N6O10PS. The van der Waals surface area contributed by atoms with Crippen LogP contribution in [0.3, 0.4) is 0 Å². The van der Waals surface area contributed by atoms with E-state index in [9.17, 15) is 27.8 Å². The molecule has 172 valence electrons. The van der Waals surface area contributed by atoms with E-state index in [0.29, 0.717) is 11.2 Å². The number of aliphatic hydroxyl groups excluding tert-OH is 1. The summed E-state index contributed by atoms with van der Waals surface area (Å²) in [5, 5.41) is 20.8. The zero-order valence-corrected chi connectivity index (χ0v) is 17.3. The largest absolute Gasteiger partial charge is 0.480 e. The summed E-state index contributed by atoms with van der Waals surface area (Å²) in [5.41, 5.74) is 6.38. The highest BCUT2D eigenvalue weighted by Crippen LogP contribution is 2.40. The fourth-order valence-corrected chi connectivity index (χ4v) is 4.69. The number of hydrogen-bond donors (Lipinski definition) is 6. The number of carboxylic acids is 1. The lowest BCUT2D eigenvalue weighted by atomic mass is 10.2. The van der Waals surface area contributed by atoms with Crippen LogP contribution in [0.4, 0.5) is 5.82 Å². The number of aliphatic carboxylic acids is 1. The van der Waals surface area contributed by atoms with Gasteiger partial charge < -0.3 is 25.6 Å². The van der Waals surface area contributed by atoms with Crippen LogP contribution in [0.1, 0.15) is 12.6 Å². The monoisotopic (exact) mass is 482 g/mol. The molecule has 0 spiro atoms. The molecule has 2 aromatic rings. The van der Waals surface area contributed by atoms with Crippen LogP contribution in [0.25, 0.3) is 11.2 Å². The topological polar surface area (TPSA) is 249 Å². The summed E-state index contributed by atoms with van der Waals surface area (Å²) >= 11 is 0. The summed E-state index contributed by atoms with van der Waals surface area (Å²) in [6, 6.07) is -2.12. The number of carboxylic acid groups (broad SMARTS) is 1. The lowest BCUT2D eigenvalue weighted by Crippen LogP contribution is -2.41. The summed E-state index contributed by atoms with van der Waals surface area (Å²) < 4.78 is 54.5. The number of carbonyl (C=O) groups is 1. The Bertz CT molecular complexity index is 1130. The van der Waals surface area contributed by atoms with Crippen molar-refractivity contribution in [2.75, 3.05) is 18.1 Å². The van der Waals surface area contributed by atoms with Crippen LogP contribution < -0.4 is 10.8 Å². The third-order valence-corrected chi connectivity index (χ3v) is 6.20. The number of aliphatic hydroxyl groups is 1. The van der Waals surface area contributed by atoms with E-state index >= 15 is 0 Å². The Hall–Kier alpha value is -2.24. The summed E-state index contributed by atoms with van der Waals surface area (Å²) in [4.78, 5) is 32.8.